The van der Waals surface area contributed by atoms with Crippen LogP contribution >= 0.6 is 0 Å². The molecule has 0 aliphatic carbocycles. The zero-order chi connectivity index (χ0) is 15.9. The van der Waals surface area contributed by atoms with E-state index < -0.39 is 0 Å². The van der Waals surface area contributed by atoms with E-state index in [-0.39, 0.29) is 24.5 Å². The third kappa shape index (κ3) is 4.36. The third-order valence-electron chi connectivity index (χ3n) is 3.42. The Bertz CT molecular complexity index is 600. The molecule has 0 aliphatic rings. The quantitative estimate of drug-likeness (QED) is 0.835. The number of pyridine rings is 1. The molecule has 0 aliphatic heterocycles. The maximum Gasteiger partial charge on any atom is 0.227 e. The molecule has 2 heterocycles. The van der Waals surface area contributed by atoms with E-state index >= 15 is 0 Å². The van der Waals surface area contributed by atoms with Gasteiger partial charge < -0.3 is 14.6 Å². The zero-order valence-electron chi connectivity index (χ0n) is 12.9. The number of carbonyl (C=O) groups excluding carboxylic acids is 1. The normalized spacial score (nSPS) is 13.6. The van der Waals surface area contributed by atoms with Crippen LogP contribution in [-0.2, 0) is 16.0 Å². The number of hydrogen-bond acceptors (Lipinski definition) is 6. The molecule has 2 atom stereocenters. The van der Waals surface area contributed by atoms with Gasteiger partial charge in [0.15, 0.2) is 0 Å². The number of aryl methyl sites for hydroxylation is 1. The number of rotatable bonds is 7. The highest BCUT2D eigenvalue weighted by Gasteiger charge is 2.15. The summed E-state index contributed by atoms with van der Waals surface area (Å²) in [7, 11) is 1.62. The van der Waals surface area contributed by atoms with E-state index in [2.05, 4.69) is 20.4 Å². The van der Waals surface area contributed by atoms with Crippen molar-refractivity contribution in [2.45, 2.75) is 38.8 Å². The molecule has 7 heteroatoms. The second kappa shape index (κ2) is 7.65. The van der Waals surface area contributed by atoms with Gasteiger partial charge in [-0.3, -0.25) is 9.78 Å². The van der Waals surface area contributed by atoms with Gasteiger partial charge in [-0.25, -0.2) is 0 Å². The lowest BCUT2D eigenvalue weighted by atomic mass is 10.2. The van der Waals surface area contributed by atoms with Gasteiger partial charge in [-0.15, -0.1) is 0 Å². The van der Waals surface area contributed by atoms with Gasteiger partial charge in [-0.2, -0.15) is 4.98 Å². The van der Waals surface area contributed by atoms with Crippen molar-refractivity contribution in [1.29, 1.82) is 0 Å². The van der Waals surface area contributed by atoms with Gasteiger partial charge in [0, 0.05) is 37.9 Å². The molecule has 1 unspecified atom stereocenters. The maximum atomic E-state index is 11.9. The molecular formula is C15H20N4O3. The minimum atomic E-state index is -0.0717. The molecular weight excluding hydrogens is 284 g/mol. The van der Waals surface area contributed by atoms with E-state index in [1.165, 1.54) is 0 Å². The van der Waals surface area contributed by atoms with E-state index in [1.54, 1.807) is 25.6 Å². The molecule has 0 aromatic carbocycles. The van der Waals surface area contributed by atoms with Crippen LogP contribution in [0.3, 0.4) is 0 Å². The SMILES string of the molecule is COC(C)[C@H](C)NC(=O)CCc1nc(-c2cccnc2)no1. The van der Waals surface area contributed by atoms with Gasteiger partial charge in [0.25, 0.3) is 0 Å². The Labute approximate surface area is 129 Å². The lowest BCUT2D eigenvalue weighted by Gasteiger charge is -2.19. The predicted molar refractivity (Wildman–Crippen MR) is 79.9 cm³/mol. The van der Waals surface area contributed by atoms with E-state index in [1.807, 2.05) is 19.9 Å². The summed E-state index contributed by atoms with van der Waals surface area (Å²) < 4.78 is 10.3. The average molecular weight is 304 g/mol. The number of methoxy groups -OCH3 is 1. The highest BCUT2D eigenvalue weighted by Crippen LogP contribution is 2.14. The molecule has 2 aromatic heterocycles. The van der Waals surface area contributed by atoms with Crippen molar-refractivity contribution in [3.05, 3.63) is 30.4 Å². The van der Waals surface area contributed by atoms with Gasteiger partial charge in [0.1, 0.15) is 0 Å². The van der Waals surface area contributed by atoms with Crippen molar-refractivity contribution < 1.29 is 14.1 Å². The third-order valence-corrected chi connectivity index (χ3v) is 3.42. The van der Waals surface area contributed by atoms with Gasteiger partial charge in [-0.05, 0) is 26.0 Å². The minimum absolute atomic E-state index is 0.0375. The average Bonchev–Trinajstić information content (AvgIpc) is 3.02. The lowest BCUT2D eigenvalue weighted by molar-refractivity contribution is -0.122. The summed E-state index contributed by atoms with van der Waals surface area (Å²) in [6, 6.07) is 3.60. The standard InChI is InChI=1S/C15H20N4O3/c1-10(11(2)21-3)17-13(20)6-7-14-18-15(19-22-14)12-5-4-8-16-9-12/h4-5,8-11H,6-7H2,1-3H3,(H,17,20)/t10-,11?/m0/s1. The van der Waals surface area contributed by atoms with Crippen LogP contribution < -0.4 is 5.32 Å². The van der Waals surface area contributed by atoms with Crippen LogP contribution in [0.15, 0.2) is 29.0 Å². The van der Waals surface area contributed by atoms with Crippen LogP contribution in [0.1, 0.15) is 26.2 Å². The second-order valence-corrected chi connectivity index (χ2v) is 5.05. The first-order valence-electron chi connectivity index (χ1n) is 7.15. The molecule has 0 spiro atoms. The fraction of sp³-hybridized carbons (Fsp3) is 0.467. The first-order chi connectivity index (χ1) is 10.6. The van der Waals surface area contributed by atoms with Crippen LogP contribution in [0.5, 0.6) is 0 Å². The fourth-order valence-corrected chi connectivity index (χ4v) is 1.84. The number of aromatic nitrogens is 3. The lowest BCUT2D eigenvalue weighted by Crippen LogP contribution is -2.40. The molecule has 0 radical (unpaired) electrons. The summed E-state index contributed by atoms with van der Waals surface area (Å²) in [6.07, 6.45) is 3.99. The Balaban J connectivity index is 1.85. The zero-order valence-corrected chi connectivity index (χ0v) is 12.9. The molecule has 0 saturated heterocycles. The van der Waals surface area contributed by atoms with E-state index in [0.29, 0.717) is 18.1 Å². The predicted octanol–water partition coefficient (Wildman–Crippen LogP) is 1.60. The maximum absolute atomic E-state index is 11.9. The van der Waals surface area contributed by atoms with Gasteiger partial charge in [0.2, 0.25) is 17.6 Å². The van der Waals surface area contributed by atoms with E-state index in [4.69, 9.17) is 9.26 Å². The summed E-state index contributed by atoms with van der Waals surface area (Å²) in [5.41, 5.74) is 0.782. The summed E-state index contributed by atoms with van der Waals surface area (Å²) in [4.78, 5) is 20.1. The molecule has 1 amide bonds. The van der Waals surface area contributed by atoms with Crippen LogP contribution in [0.25, 0.3) is 11.4 Å². The Morgan fingerprint density at radius 2 is 2.27 bits per heavy atom. The molecule has 0 saturated carbocycles. The number of nitrogens with zero attached hydrogens (tertiary/aromatic N) is 3. The molecule has 1 N–H and O–H groups in total. The smallest absolute Gasteiger partial charge is 0.227 e. The van der Waals surface area contributed by atoms with Crippen LogP contribution in [0.2, 0.25) is 0 Å². The number of nitrogens with one attached hydrogen (secondary N) is 1. The molecule has 118 valence electrons. The first kappa shape index (κ1) is 16.1. The molecule has 22 heavy (non-hydrogen) atoms. The van der Waals surface area contributed by atoms with Crippen molar-refractivity contribution in [2.75, 3.05) is 7.11 Å². The van der Waals surface area contributed by atoms with Gasteiger partial charge in [0.05, 0.1) is 12.1 Å². The van der Waals surface area contributed by atoms with Gasteiger partial charge >= 0.3 is 0 Å². The summed E-state index contributed by atoms with van der Waals surface area (Å²) in [5.74, 6) is 0.837. The van der Waals surface area contributed by atoms with Crippen molar-refractivity contribution in [3.8, 4) is 11.4 Å². The van der Waals surface area contributed by atoms with Gasteiger partial charge in [-0.1, -0.05) is 5.16 Å². The minimum Gasteiger partial charge on any atom is -0.380 e. The van der Waals surface area contributed by atoms with Crippen LogP contribution in [0.4, 0.5) is 0 Å². The second-order valence-electron chi connectivity index (χ2n) is 5.05. The molecule has 2 aromatic rings. The molecule has 7 nitrogen and oxygen atoms in total. The first-order valence-corrected chi connectivity index (χ1v) is 7.15. The molecule has 2 rings (SSSR count). The largest absolute Gasteiger partial charge is 0.380 e. The Hall–Kier alpha value is -2.28. The number of ether oxygens (including phenoxy) is 1. The summed E-state index contributed by atoms with van der Waals surface area (Å²) in [5, 5.41) is 6.76. The summed E-state index contributed by atoms with van der Waals surface area (Å²) in [6.45, 7) is 3.81. The summed E-state index contributed by atoms with van der Waals surface area (Å²) >= 11 is 0. The van der Waals surface area contributed by atoms with E-state index in [9.17, 15) is 4.79 Å². The monoisotopic (exact) mass is 304 g/mol. The Morgan fingerprint density at radius 3 is 2.95 bits per heavy atom. The van der Waals surface area contributed by atoms with E-state index in [0.717, 1.165) is 5.56 Å². The Morgan fingerprint density at radius 1 is 1.45 bits per heavy atom. The number of hydrogen-bond donors (Lipinski definition) is 1. The van der Waals surface area contributed by atoms with Crippen molar-refractivity contribution >= 4 is 5.91 Å². The van der Waals surface area contributed by atoms with Crippen molar-refractivity contribution in [2.24, 2.45) is 0 Å². The highest BCUT2D eigenvalue weighted by atomic mass is 16.5. The molecule has 0 fully saturated rings. The topological polar surface area (TPSA) is 90.1 Å². The Kier molecular flexibility index (Phi) is 5.60. The highest BCUT2D eigenvalue weighted by molar-refractivity contribution is 5.76. The molecule has 0 bridgehead atoms. The van der Waals surface area contributed by atoms with Crippen molar-refractivity contribution in [3.63, 3.8) is 0 Å². The fourth-order valence-electron chi connectivity index (χ4n) is 1.84. The number of carbonyl (C=O) groups is 1. The van der Waals surface area contributed by atoms with Crippen LogP contribution in [0, 0.1) is 0 Å². The number of amides is 1. The van der Waals surface area contributed by atoms with Crippen molar-refractivity contribution in [1.82, 2.24) is 20.4 Å². The van der Waals surface area contributed by atoms with Crippen LogP contribution in [-0.4, -0.2) is 40.3 Å².